The highest BCUT2D eigenvalue weighted by atomic mass is 16.4. The molecule has 12 N–H and O–H groups in total. The van der Waals surface area contributed by atoms with Gasteiger partial charge in [-0.3, -0.25) is 24.2 Å². The number of carbonyl (C=O) groups excluding carboxylic acids is 4. The Hall–Kier alpha value is -3.42. The molecule has 0 saturated heterocycles. The van der Waals surface area contributed by atoms with Crippen molar-refractivity contribution >= 4 is 35.6 Å². The third-order valence-corrected chi connectivity index (χ3v) is 5.68. The normalized spacial score (nSPS) is 15.1. The van der Waals surface area contributed by atoms with E-state index in [1.165, 1.54) is 0 Å². The molecule has 0 aromatic heterocycles. The summed E-state index contributed by atoms with van der Waals surface area (Å²) in [5, 5.41) is 16.9. The number of nitrogens with two attached hydrogens (primary N) is 4. The molecule has 0 saturated carbocycles. The number of aliphatic carboxylic acids is 1. The van der Waals surface area contributed by atoms with Crippen molar-refractivity contribution in [2.75, 3.05) is 6.54 Å². The minimum absolute atomic E-state index is 0.111. The third kappa shape index (κ3) is 12.3. The molecule has 5 unspecified atom stereocenters. The van der Waals surface area contributed by atoms with Crippen LogP contribution in [0.3, 0.4) is 0 Å². The topological polar surface area (TPSA) is 258 Å². The maximum absolute atomic E-state index is 13.1. The number of aliphatic imine (C=N–C) groups is 1. The summed E-state index contributed by atoms with van der Waals surface area (Å²) in [6.45, 7) is 7.24. The van der Waals surface area contributed by atoms with Crippen LogP contribution in [0.1, 0.15) is 59.8 Å². The van der Waals surface area contributed by atoms with E-state index in [1.54, 1.807) is 13.8 Å². The monoisotopic (exact) mass is 514 g/mol. The summed E-state index contributed by atoms with van der Waals surface area (Å²) < 4.78 is 0. The first-order chi connectivity index (χ1) is 16.7. The number of guanidine groups is 1. The maximum Gasteiger partial charge on any atom is 0.326 e. The predicted molar refractivity (Wildman–Crippen MR) is 134 cm³/mol. The molecule has 36 heavy (non-hydrogen) atoms. The molecule has 0 aromatic rings. The summed E-state index contributed by atoms with van der Waals surface area (Å²) in [5.41, 5.74) is 21.7. The van der Waals surface area contributed by atoms with Crippen LogP contribution in [-0.4, -0.2) is 71.4 Å². The number of nitrogens with one attached hydrogen (secondary N) is 3. The van der Waals surface area contributed by atoms with Gasteiger partial charge >= 0.3 is 5.97 Å². The molecule has 0 radical (unpaired) electrons. The molecule has 0 rings (SSSR count). The number of carboxylic acids is 1. The van der Waals surface area contributed by atoms with Crippen LogP contribution in [0.15, 0.2) is 4.99 Å². The molecule has 0 heterocycles. The Morgan fingerprint density at radius 2 is 1.44 bits per heavy atom. The molecule has 14 nitrogen and oxygen atoms in total. The second-order valence-electron chi connectivity index (χ2n) is 9.06. The molecule has 0 aliphatic carbocycles. The lowest BCUT2D eigenvalue weighted by molar-refractivity contribution is -0.143. The van der Waals surface area contributed by atoms with Crippen molar-refractivity contribution in [2.24, 2.45) is 39.8 Å². The number of nitrogens with zero attached hydrogens (tertiary/aromatic N) is 1. The fourth-order valence-electron chi connectivity index (χ4n) is 3.15. The number of carboxylic acid groups (broad SMARTS) is 1. The Labute approximate surface area is 211 Å². The van der Waals surface area contributed by atoms with E-state index in [0.29, 0.717) is 12.8 Å². The summed E-state index contributed by atoms with van der Waals surface area (Å²) in [5.74, 6) is -4.65. The van der Waals surface area contributed by atoms with E-state index in [4.69, 9.17) is 22.9 Å². The molecule has 0 spiro atoms. The lowest BCUT2D eigenvalue weighted by Gasteiger charge is -2.27. The molecule has 0 bridgehead atoms. The van der Waals surface area contributed by atoms with Crippen LogP contribution in [0.4, 0.5) is 0 Å². The zero-order valence-corrected chi connectivity index (χ0v) is 21.5. The first-order valence-electron chi connectivity index (χ1n) is 11.9. The number of rotatable bonds is 17. The van der Waals surface area contributed by atoms with Crippen LogP contribution in [-0.2, 0) is 24.0 Å². The van der Waals surface area contributed by atoms with Crippen LogP contribution in [0.25, 0.3) is 0 Å². The minimum atomic E-state index is -1.37. The lowest BCUT2D eigenvalue weighted by atomic mass is 9.98. The van der Waals surface area contributed by atoms with Crippen molar-refractivity contribution in [3.8, 4) is 0 Å². The van der Waals surface area contributed by atoms with Crippen LogP contribution in [0, 0.1) is 11.8 Å². The highest BCUT2D eigenvalue weighted by Gasteiger charge is 2.32. The van der Waals surface area contributed by atoms with Crippen LogP contribution < -0.4 is 38.9 Å². The third-order valence-electron chi connectivity index (χ3n) is 5.68. The second kappa shape index (κ2) is 16.3. The number of carbonyl (C=O) groups is 5. The van der Waals surface area contributed by atoms with Gasteiger partial charge in [0, 0.05) is 13.0 Å². The van der Waals surface area contributed by atoms with Gasteiger partial charge in [0.15, 0.2) is 5.96 Å². The maximum atomic E-state index is 13.1. The van der Waals surface area contributed by atoms with E-state index in [-0.39, 0.29) is 37.7 Å². The van der Waals surface area contributed by atoms with Crippen molar-refractivity contribution in [3.05, 3.63) is 0 Å². The van der Waals surface area contributed by atoms with E-state index < -0.39 is 59.7 Å². The van der Waals surface area contributed by atoms with Gasteiger partial charge in [-0.05, 0) is 31.1 Å². The van der Waals surface area contributed by atoms with Crippen molar-refractivity contribution in [2.45, 2.75) is 84.0 Å². The predicted octanol–water partition coefficient (Wildman–Crippen LogP) is -2.13. The van der Waals surface area contributed by atoms with Crippen LogP contribution >= 0.6 is 0 Å². The van der Waals surface area contributed by atoms with E-state index in [2.05, 4.69) is 20.9 Å². The molecule has 206 valence electrons. The summed E-state index contributed by atoms with van der Waals surface area (Å²) in [6.07, 6.45) is 0.723. The van der Waals surface area contributed by atoms with Gasteiger partial charge in [-0.25, -0.2) is 4.79 Å². The molecule has 0 aliphatic heterocycles. The molecule has 4 amide bonds. The van der Waals surface area contributed by atoms with Crippen molar-refractivity contribution < 1.29 is 29.1 Å². The van der Waals surface area contributed by atoms with E-state index in [9.17, 15) is 29.1 Å². The number of amides is 4. The SMILES string of the molecule is CCC(C)C(N)C(=O)NC(CCCN=C(N)N)C(=O)NC(C(=O)NC(CCC(N)=O)C(=O)O)C(C)C. The smallest absolute Gasteiger partial charge is 0.326 e. The van der Waals surface area contributed by atoms with E-state index in [0.717, 1.165) is 0 Å². The fraction of sp³-hybridized carbons (Fsp3) is 0.727. The first kappa shape index (κ1) is 32.6. The van der Waals surface area contributed by atoms with E-state index >= 15 is 0 Å². The Kier molecular flexibility index (Phi) is 14.7. The Bertz CT molecular complexity index is 799. The molecule has 0 aliphatic rings. The summed E-state index contributed by atoms with van der Waals surface area (Å²) in [4.78, 5) is 64.9. The largest absolute Gasteiger partial charge is 0.480 e. The second-order valence-corrected chi connectivity index (χ2v) is 9.06. The molecule has 0 fully saturated rings. The van der Waals surface area contributed by atoms with Gasteiger partial charge < -0.3 is 44.0 Å². The fourth-order valence-corrected chi connectivity index (χ4v) is 3.15. The van der Waals surface area contributed by atoms with Crippen molar-refractivity contribution in [3.63, 3.8) is 0 Å². The Balaban J connectivity index is 5.57. The molecular weight excluding hydrogens is 472 g/mol. The number of hydrogen-bond donors (Lipinski definition) is 8. The van der Waals surface area contributed by atoms with Gasteiger partial charge in [-0.15, -0.1) is 0 Å². The van der Waals surface area contributed by atoms with Gasteiger partial charge in [0.1, 0.15) is 18.1 Å². The van der Waals surface area contributed by atoms with Gasteiger partial charge in [0.2, 0.25) is 23.6 Å². The quantitative estimate of drug-likeness (QED) is 0.0598. The first-order valence-corrected chi connectivity index (χ1v) is 11.9. The highest BCUT2D eigenvalue weighted by Crippen LogP contribution is 2.09. The average Bonchev–Trinajstić information content (AvgIpc) is 2.79. The minimum Gasteiger partial charge on any atom is -0.480 e. The molecule has 14 heteroatoms. The van der Waals surface area contributed by atoms with Crippen LogP contribution in [0.2, 0.25) is 0 Å². The summed E-state index contributed by atoms with van der Waals surface area (Å²) in [7, 11) is 0. The summed E-state index contributed by atoms with van der Waals surface area (Å²) >= 11 is 0. The molecule has 0 aromatic carbocycles. The van der Waals surface area contributed by atoms with Gasteiger partial charge in [0.05, 0.1) is 6.04 Å². The molecular formula is C22H42N8O6. The molecule has 5 atom stereocenters. The Morgan fingerprint density at radius 1 is 0.861 bits per heavy atom. The standard InChI is InChI=1S/C22H42N8O6/c1-5-12(4)16(24)19(33)28-13(7-6-10-27-22(25)26)18(32)30-17(11(2)3)20(34)29-14(21(35)36)8-9-15(23)31/h11-14,16-17H,5-10,24H2,1-4H3,(H2,23,31)(H,28,33)(H,29,34)(H,30,32)(H,35,36)(H4,25,26,27). The van der Waals surface area contributed by atoms with Gasteiger partial charge in [-0.1, -0.05) is 34.1 Å². The number of hydrogen-bond acceptors (Lipinski definition) is 7. The van der Waals surface area contributed by atoms with Gasteiger partial charge in [-0.2, -0.15) is 0 Å². The zero-order chi connectivity index (χ0) is 28.0. The van der Waals surface area contributed by atoms with E-state index in [1.807, 2.05) is 13.8 Å². The average molecular weight is 515 g/mol. The van der Waals surface area contributed by atoms with Crippen molar-refractivity contribution in [1.29, 1.82) is 0 Å². The van der Waals surface area contributed by atoms with Crippen molar-refractivity contribution in [1.82, 2.24) is 16.0 Å². The number of primary amides is 1. The Morgan fingerprint density at radius 3 is 1.92 bits per heavy atom. The summed E-state index contributed by atoms with van der Waals surface area (Å²) in [6, 6.07) is -4.37. The van der Waals surface area contributed by atoms with Crippen LogP contribution in [0.5, 0.6) is 0 Å². The zero-order valence-electron chi connectivity index (χ0n) is 21.5. The lowest BCUT2D eigenvalue weighted by Crippen LogP contribution is -2.58. The van der Waals surface area contributed by atoms with Gasteiger partial charge in [0.25, 0.3) is 0 Å². The highest BCUT2D eigenvalue weighted by molar-refractivity contribution is 5.94.